The number of rotatable bonds is 3. The molecule has 0 amide bonds. The normalized spacial score (nSPS) is 27.2. The van der Waals surface area contributed by atoms with E-state index in [1.54, 1.807) is 13.0 Å². The molecule has 0 unspecified atom stereocenters. The minimum atomic E-state index is -1.07. The Bertz CT molecular complexity index is 281. The molecule has 0 saturated heterocycles. The van der Waals surface area contributed by atoms with Crippen LogP contribution in [0.4, 0.5) is 4.79 Å². The Morgan fingerprint density at radius 3 is 2.67 bits per heavy atom. The molecule has 86 valence electrons. The predicted octanol–water partition coefficient (Wildman–Crippen LogP) is 1.01. The molecule has 5 nitrogen and oxygen atoms in total. The summed E-state index contributed by atoms with van der Waals surface area (Å²) in [6, 6.07) is 0. The van der Waals surface area contributed by atoms with Crippen molar-refractivity contribution in [1.29, 1.82) is 0 Å². The van der Waals surface area contributed by atoms with E-state index < -0.39 is 17.7 Å². The van der Waals surface area contributed by atoms with E-state index in [1.165, 1.54) is 0 Å². The smallest absolute Gasteiger partial charge is 0.434 e. The summed E-state index contributed by atoms with van der Waals surface area (Å²) in [5, 5.41) is 0. The van der Waals surface area contributed by atoms with Crippen molar-refractivity contribution >= 4 is 24.5 Å². The maximum absolute atomic E-state index is 11.3. The zero-order chi connectivity index (χ0) is 10.8. The highest BCUT2D eigenvalue weighted by atomic mass is 35.5. The highest BCUT2D eigenvalue weighted by Crippen LogP contribution is 2.42. The van der Waals surface area contributed by atoms with Crippen molar-refractivity contribution in [3.63, 3.8) is 0 Å². The van der Waals surface area contributed by atoms with Crippen molar-refractivity contribution in [2.75, 3.05) is 6.61 Å². The predicted molar refractivity (Wildman–Crippen MR) is 55.6 cm³/mol. The van der Waals surface area contributed by atoms with Gasteiger partial charge in [0.15, 0.2) is 0 Å². The number of hydrogen-bond donors (Lipinski definition) is 1. The van der Waals surface area contributed by atoms with Crippen molar-refractivity contribution in [2.24, 2.45) is 11.7 Å². The van der Waals surface area contributed by atoms with E-state index in [0.717, 1.165) is 0 Å². The molecule has 0 spiro atoms. The lowest BCUT2D eigenvalue weighted by Gasteiger charge is -2.08. The molecule has 0 aliphatic heterocycles. The number of hydrogen-bond acceptors (Lipinski definition) is 5. The lowest BCUT2D eigenvalue weighted by molar-refractivity contribution is -0.142. The molecule has 15 heavy (non-hydrogen) atoms. The molecule has 6 heteroatoms. The van der Waals surface area contributed by atoms with E-state index in [9.17, 15) is 9.59 Å². The second kappa shape index (κ2) is 5.14. The molecule has 0 aromatic carbocycles. The van der Waals surface area contributed by atoms with Crippen LogP contribution in [0.1, 0.15) is 13.3 Å². The van der Waals surface area contributed by atoms with Gasteiger partial charge in [0.05, 0.1) is 6.61 Å². The average Bonchev–Trinajstić information content (AvgIpc) is 2.79. The average molecular weight is 236 g/mol. The molecule has 1 aliphatic carbocycles. The first-order chi connectivity index (χ1) is 6.54. The number of carbonyl (C=O) groups is 2. The Kier molecular flexibility index (Phi) is 4.77. The van der Waals surface area contributed by atoms with Crippen LogP contribution in [0.25, 0.3) is 0 Å². The van der Waals surface area contributed by atoms with Gasteiger partial charge in [0.2, 0.25) is 0 Å². The van der Waals surface area contributed by atoms with Crippen LogP contribution in [-0.4, -0.2) is 24.3 Å². The Labute approximate surface area is 94.0 Å². The van der Waals surface area contributed by atoms with E-state index in [4.69, 9.17) is 5.73 Å². The zero-order valence-electron chi connectivity index (χ0n) is 8.39. The van der Waals surface area contributed by atoms with Gasteiger partial charge < -0.3 is 15.2 Å². The molecular formula is C9H14ClNO4. The summed E-state index contributed by atoms with van der Waals surface area (Å²) in [6.07, 6.45) is 1.04. The molecule has 0 aromatic heterocycles. The Hall–Kier alpha value is -1.07. The second-order valence-corrected chi connectivity index (χ2v) is 3.16. The van der Waals surface area contributed by atoms with Crippen molar-refractivity contribution in [1.82, 2.24) is 0 Å². The van der Waals surface area contributed by atoms with Crippen molar-refractivity contribution in [3.8, 4) is 0 Å². The quantitative estimate of drug-likeness (QED) is 0.449. The van der Waals surface area contributed by atoms with E-state index >= 15 is 0 Å². The van der Waals surface area contributed by atoms with Gasteiger partial charge in [-0.3, -0.25) is 0 Å². The highest BCUT2D eigenvalue weighted by Gasteiger charge is 2.57. The topological polar surface area (TPSA) is 78.6 Å². The van der Waals surface area contributed by atoms with Crippen LogP contribution < -0.4 is 5.73 Å². The molecule has 1 aliphatic rings. The molecular weight excluding hydrogens is 222 g/mol. The summed E-state index contributed by atoms with van der Waals surface area (Å²) < 4.78 is 8.82. The Morgan fingerprint density at radius 2 is 2.27 bits per heavy atom. The van der Waals surface area contributed by atoms with Crippen LogP contribution in [0.15, 0.2) is 12.7 Å². The molecule has 1 fully saturated rings. The summed E-state index contributed by atoms with van der Waals surface area (Å²) in [7, 11) is 0. The number of halogens is 1. The first-order valence-corrected chi connectivity index (χ1v) is 4.35. The molecule has 0 aromatic rings. The summed E-state index contributed by atoms with van der Waals surface area (Å²) in [5.41, 5.74) is 4.56. The maximum Gasteiger partial charge on any atom is 0.516 e. The van der Waals surface area contributed by atoms with Gasteiger partial charge in [0.25, 0.3) is 0 Å². The van der Waals surface area contributed by atoms with Gasteiger partial charge in [0, 0.05) is 5.92 Å². The lowest BCUT2D eigenvalue weighted by Crippen LogP contribution is -2.38. The standard InChI is InChI=1S/C9H13NO4.ClH/c1-3-6-5-9(6,10)7(11)14-8(12)13-4-2;/h3,6H,1,4-5,10H2,2H3;1H/t6-,9-;/m1./s1. The third-order valence-electron chi connectivity index (χ3n) is 2.16. The molecule has 0 radical (unpaired) electrons. The molecule has 0 bridgehead atoms. The number of nitrogens with two attached hydrogens (primary N) is 1. The van der Waals surface area contributed by atoms with Crippen LogP contribution in [0.2, 0.25) is 0 Å². The van der Waals surface area contributed by atoms with Crippen LogP contribution >= 0.6 is 12.4 Å². The number of esters is 1. The highest BCUT2D eigenvalue weighted by molar-refractivity contribution is 5.92. The van der Waals surface area contributed by atoms with Gasteiger partial charge in [-0.15, -0.1) is 19.0 Å². The molecule has 1 saturated carbocycles. The maximum atomic E-state index is 11.3. The lowest BCUT2D eigenvalue weighted by atomic mass is 10.2. The summed E-state index contributed by atoms with van der Waals surface area (Å²) in [6.45, 7) is 5.29. The van der Waals surface area contributed by atoms with Gasteiger partial charge in [-0.2, -0.15) is 0 Å². The Morgan fingerprint density at radius 1 is 1.67 bits per heavy atom. The summed E-state index contributed by atoms with van der Waals surface area (Å²) >= 11 is 0. The first kappa shape index (κ1) is 13.9. The van der Waals surface area contributed by atoms with Crippen molar-refractivity contribution in [3.05, 3.63) is 12.7 Å². The third kappa shape index (κ3) is 2.94. The molecule has 2 N–H and O–H groups in total. The largest absolute Gasteiger partial charge is 0.516 e. The zero-order valence-corrected chi connectivity index (χ0v) is 9.21. The van der Waals surface area contributed by atoms with E-state index in [0.29, 0.717) is 6.42 Å². The molecule has 2 atom stereocenters. The van der Waals surface area contributed by atoms with E-state index in [1.807, 2.05) is 0 Å². The van der Waals surface area contributed by atoms with Crippen LogP contribution in [0.3, 0.4) is 0 Å². The minimum absolute atomic E-state index is 0. The van der Waals surface area contributed by atoms with Gasteiger partial charge in [0.1, 0.15) is 5.54 Å². The van der Waals surface area contributed by atoms with Crippen LogP contribution in [-0.2, 0) is 14.3 Å². The second-order valence-electron chi connectivity index (χ2n) is 3.16. The fraction of sp³-hybridized carbons (Fsp3) is 0.556. The summed E-state index contributed by atoms with van der Waals surface area (Å²) in [4.78, 5) is 22.1. The van der Waals surface area contributed by atoms with Gasteiger partial charge >= 0.3 is 12.1 Å². The fourth-order valence-electron chi connectivity index (χ4n) is 1.15. The van der Waals surface area contributed by atoms with Gasteiger partial charge in [-0.05, 0) is 13.3 Å². The SMILES string of the molecule is C=C[C@@H]1C[C@]1(N)C(=O)OC(=O)OCC.Cl. The molecule has 0 heterocycles. The van der Waals surface area contributed by atoms with E-state index in [-0.39, 0.29) is 24.9 Å². The Balaban J connectivity index is 0.00000196. The fourth-order valence-corrected chi connectivity index (χ4v) is 1.15. The van der Waals surface area contributed by atoms with Crippen LogP contribution in [0, 0.1) is 5.92 Å². The summed E-state index contributed by atoms with van der Waals surface area (Å²) in [5.74, 6) is -0.856. The number of carbonyl (C=O) groups excluding carboxylic acids is 2. The number of ether oxygens (including phenoxy) is 2. The van der Waals surface area contributed by atoms with Crippen molar-refractivity contribution in [2.45, 2.75) is 18.9 Å². The first-order valence-electron chi connectivity index (χ1n) is 4.35. The van der Waals surface area contributed by atoms with Gasteiger partial charge in [-0.25, -0.2) is 9.59 Å². The van der Waals surface area contributed by atoms with Crippen LogP contribution in [0.5, 0.6) is 0 Å². The van der Waals surface area contributed by atoms with E-state index in [2.05, 4.69) is 16.1 Å². The van der Waals surface area contributed by atoms with Crippen molar-refractivity contribution < 1.29 is 19.1 Å². The third-order valence-corrected chi connectivity index (χ3v) is 2.16. The minimum Gasteiger partial charge on any atom is -0.434 e. The molecule has 1 rings (SSSR count). The monoisotopic (exact) mass is 235 g/mol. The van der Waals surface area contributed by atoms with Gasteiger partial charge in [-0.1, -0.05) is 6.08 Å².